The summed E-state index contributed by atoms with van der Waals surface area (Å²) < 4.78 is 44.9. The van der Waals surface area contributed by atoms with Gasteiger partial charge in [-0.1, -0.05) is 23.2 Å². The molecule has 138 valence electrons. The third kappa shape index (κ3) is 2.59. The molecule has 1 aromatic carbocycles. The van der Waals surface area contributed by atoms with Crippen LogP contribution < -0.4 is 5.56 Å². The number of nitrogens with zero attached hydrogens (tertiary/aromatic N) is 3. The van der Waals surface area contributed by atoms with Crippen LogP contribution in [0.1, 0.15) is 18.7 Å². The summed E-state index contributed by atoms with van der Waals surface area (Å²) >= 11 is 14.5. The van der Waals surface area contributed by atoms with E-state index in [2.05, 4.69) is 25.9 Å². The fourth-order valence-electron chi connectivity index (χ4n) is 3.21. The van der Waals surface area contributed by atoms with Crippen molar-refractivity contribution in [2.24, 2.45) is 0 Å². The zero-order valence-corrected chi connectivity index (χ0v) is 16.0. The Hall–Kier alpha value is -1.45. The number of fused-ring (bicyclic) bond motifs is 2. The average Bonchev–Trinajstić information content (AvgIpc) is 3.12. The summed E-state index contributed by atoms with van der Waals surface area (Å²) in [7, 11) is 0. The van der Waals surface area contributed by atoms with E-state index in [0.29, 0.717) is 13.1 Å². The Morgan fingerprint density at radius 2 is 1.85 bits per heavy atom. The van der Waals surface area contributed by atoms with Gasteiger partial charge in [0.15, 0.2) is 5.82 Å². The monoisotopic (exact) mass is 468 g/mol. The molecule has 0 fully saturated rings. The molecule has 4 rings (SSSR count). The summed E-state index contributed by atoms with van der Waals surface area (Å²) in [5.41, 5.74) is -0.974. The molecule has 26 heavy (non-hydrogen) atoms. The number of aromatic nitrogens is 4. The summed E-state index contributed by atoms with van der Waals surface area (Å²) in [6, 6.07) is 0.938. The first kappa shape index (κ1) is 17.9. The number of alkyl halides is 3. The van der Waals surface area contributed by atoms with Crippen molar-refractivity contribution in [1.82, 2.24) is 19.3 Å². The van der Waals surface area contributed by atoms with Gasteiger partial charge in [0.05, 0.1) is 21.7 Å². The third-order valence-corrected chi connectivity index (χ3v) is 5.40. The number of halogens is 6. The van der Waals surface area contributed by atoms with Crippen LogP contribution in [0, 0.1) is 5.82 Å². The number of rotatable bonds is 2. The molecule has 0 spiro atoms. The highest BCUT2D eigenvalue weighted by Gasteiger charge is 2.34. The Morgan fingerprint density at radius 1 is 1.19 bits per heavy atom. The van der Waals surface area contributed by atoms with Crippen molar-refractivity contribution >= 4 is 50.2 Å². The first-order valence-electron chi connectivity index (χ1n) is 7.64. The molecular weight excluding hydrogens is 460 g/mol. The number of imidazole rings is 1. The predicted octanol–water partition coefficient (Wildman–Crippen LogP) is 4.88. The van der Waals surface area contributed by atoms with Crippen LogP contribution in [0.4, 0.5) is 13.2 Å². The molecule has 0 unspecified atom stereocenters. The van der Waals surface area contributed by atoms with E-state index in [4.69, 9.17) is 23.2 Å². The largest absolute Gasteiger partial charge is 0.358 e. The van der Waals surface area contributed by atoms with Gasteiger partial charge in [0.1, 0.15) is 16.5 Å². The number of hydrogen-bond acceptors (Lipinski definition) is 2. The molecular formula is C15H10BrCl2F3N4O. The molecule has 0 aliphatic carbocycles. The van der Waals surface area contributed by atoms with E-state index in [1.54, 1.807) is 4.68 Å². The molecule has 1 N–H and O–H groups in total. The molecule has 0 amide bonds. The van der Waals surface area contributed by atoms with Crippen LogP contribution in [0.15, 0.2) is 10.9 Å². The molecule has 2 aromatic heterocycles. The first-order valence-corrected chi connectivity index (χ1v) is 9.19. The van der Waals surface area contributed by atoms with Crippen LogP contribution in [0.5, 0.6) is 0 Å². The zero-order chi connectivity index (χ0) is 18.8. The molecule has 11 heteroatoms. The second kappa shape index (κ2) is 6.03. The van der Waals surface area contributed by atoms with Crippen LogP contribution in [-0.4, -0.2) is 19.3 Å². The molecule has 1 aliphatic rings. The van der Waals surface area contributed by atoms with Gasteiger partial charge in [0.25, 0.3) is 5.56 Å². The summed E-state index contributed by atoms with van der Waals surface area (Å²) in [4.78, 5) is 15.4. The van der Waals surface area contributed by atoms with Crippen molar-refractivity contribution in [1.29, 1.82) is 0 Å². The molecule has 0 radical (unpaired) electrons. The first-order chi connectivity index (χ1) is 12.2. The van der Waals surface area contributed by atoms with Crippen LogP contribution >= 0.6 is 39.1 Å². The maximum absolute atomic E-state index is 14.7. The second-order valence-electron chi connectivity index (χ2n) is 5.95. The minimum absolute atomic E-state index is 0.0546. The van der Waals surface area contributed by atoms with Gasteiger partial charge in [0, 0.05) is 13.1 Å². The average molecular weight is 470 g/mol. The van der Waals surface area contributed by atoms with Crippen molar-refractivity contribution < 1.29 is 13.2 Å². The van der Waals surface area contributed by atoms with Gasteiger partial charge in [-0.05, 0) is 34.8 Å². The topological polar surface area (TPSA) is 55.6 Å². The van der Waals surface area contributed by atoms with E-state index in [-0.39, 0.29) is 32.3 Å². The maximum atomic E-state index is 14.7. The van der Waals surface area contributed by atoms with Gasteiger partial charge < -0.3 is 4.98 Å². The summed E-state index contributed by atoms with van der Waals surface area (Å²) in [6.07, 6.45) is 1.62. The maximum Gasteiger partial charge on any atom is 0.358 e. The van der Waals surface area contributed by atoms with Gasteiger partial charge in [-0.3, -0.25) is 9.48 Å². The fraction of sp³-hybridized carbons (Fsp3) is 0.333. The molecule has 0 atom stereocenters. The van der Waals surface area contributed by atoms with Gasteiger partial charge >= 0.3 is 4.83 Å². The molecule has 3 aromatic rings. The number of benzene rings is 1. The SMILES string of the molecule is O=c1c(-c2c(F)cc(Cl)c3nc(C(F)(F)Br)[nH]c23)c(Cl)n2n1CCCC2. The molecule has 0 saturated heterocycles. The molecule has 1 aliphatic heterocycles. The van der Waals surface area contributed by atoms with Gasteiger partial charge in [-0.15, -0.1) is 0 Å². The Bertz CT molecular complexity index is 1100. The highest BCUT2D eigenvalue weighted by atomic mass is 79.9. The Morgan fingerprint density at radius 3 is 2.46 bits per heavy atom. The summed E-state index contributed by atoms with van der Waals surface area (Å²) in [5, 5.41) is -0.0975. The zero-order valence-electron chi connectivity index (χ0n) is 12.9. The van der Waals surface area contributed by atoms with Crippen molar-refractivity contribution in [2.45, 2.75) is 30.8 Å². The smallest absolute Gasteiger partial charge is 0.335 e. The van der Waals surface area contributed by atoms with Crippen LogP contribution in [0.3, 0.4) is 0 Å². The Kier molecular flexibility index (Phi) is 4.16. The van der Waals surface area contributed by atoms with E-state index in [0.717, 1.165) is 18.9 Å². The highest BCUT2D eigenvalue weighted by molar-refractivity contribution is 9.09. The lowest BCUT2D eigenvalue weighted by Crippen LogP contribution is -2.27. The lowest BCUT2D eigenvalue weighted by atomic mass is 10.1. The normalized spacial score (nSPS) is 14.8. The molecule has 0 saturated carbocycles. The molecule has 3 heterocycles. The van der Waals surface area contributed by atoms with E-state index in [1.165, 1.54) is 4.68 Å². The molecule has 0 bridgehead atoms. The van der Waals surface area contributed by atoms with Crippen LogP contribution in [0.25, 0.3) is 22.2 Å². The standard InChI is InChI=1S/C15H10BrCl2F3N4O/c16-15(20,21)14-22-10-6(17)5-7(19)8(11(10)23-14)9-12(18)24-3-1-2-4-25(24)13(9)26/h5H,1-4H2,(H,22,23). The van der Waals surface area contributed by atoms with E-state index in [1.807, 2.05) is 0 Å². The number of H-pyrrole nitrogens is 1. The lowest BCUT2D eigenvalue weighted by Gasteiger charge is -2.17. The second-order valence-corrected chi connectivity index (χ2v) is 7.71. The van der Waals surface area contributed by atoms with E-state index >= 15 is 0 Å². The summed E-state index contributed by atoms with van der Waals surface area (Å²) in [5.74, 6) is -1.60. The fourth-order valence-corrected chi connectivity index (χ4v) is 3.98. The van der Waals surface area contributed by atoms with Crippen molar-refractivity contribution in [3.63, 3.8) is 0 Å². The minimum Gasteiger partial charge on any atom is -0.335 e. The minimum atomic E-state index is -3.47. The van der Waals surface area contributed by atoms with Crippen LogP contribution in [-0.2, 0) is 17.9 Å². The van der Waals surface area contributed by atoms with Crippen molar-refractivity contribution in [3.05, 3.63) is 38.2 Å². The number of nitrogens with one attached hydrogen (secondary N) is 1. The number of aromatic amines is 1. The van der Waals surface area contributed by atoms with Gasteiger partial charge in [-0.2, -0.15) is 8.78 Å². The third-order valence-electron chi connectivity index (χ3n) is 4.35. The van der Waals surface area contributed by atoms with E-state index in [9.17, 15) is 18.0 Å². The highest BCUT2D eigenvalue weighted by Crippen LogP contribution is 2.40. The number of hydrogen-bond donors (Lipinski definition) is 1. The Labute approximate surface area is 162 Å². The summed E-state index contributed by atoms with van der Waals surface area (Å²) in [6.45, 7) is 0.963. The van der Waals surface area contributed by atoms with Crippen molar-refractivity contribution in [2.75, 3.05) is 0 Å². The quantitative estimate of drug-likeness (QED) is 0.544. The predicted molar refractivity (Wildman–Crippen MR) is 95.8 cm³/mol. The van der Waals surface area contributed by atoms with Gasteiger partial charge in [0.2, 0.25) is 0 Å². The van der Waals surface area contributed by atoms with E-state index < -0.39 is 22.0 Å². The Balaban J connectivity index is 2.09. The van der Waals surface area contributed by atoms with Gasteiger partial charge in [-0.25, -0.2) is 14.1 Å². The van der Waals surface area contributed by atoms with Crippen LogP contribution in [0.2, 0.25) is 10.2 Å². The lowest BCUT2D eigenvalue weighted by molar-refractivity contribution is 0.105. The molecule has 5 nitrogen and oxygen atoms in total. The van der Waals surface area contributed by atoms with Crippen molar-refractivity contribution in [3.8, 4) is 11.1 Å².